The van der Waals surface area contributed by atoms with E-state index >= 15 is 4.79 Å². The average Bonchev–Trinajstić information content (AvgIpc) is 4.23. The topological polar surface area (TPSA) is 293 Å². The highest BCUT2D eigenvalue weighted by Gasteiger charge is 2.74. The summed E-state index contributed by atoms with van der Waals surface area (Å²) >= 11 is 0. The fourth-order valence-electron chi connectivity index (χ4n) is 19.3. The second-order valence-electron chi connectivity index (χ2n) is 27.5. The Morgan fingerprint density at radius 1 is 0.893 bits per heavy atom. The predicted molar refractivity (Wildman–Crippen MR) is 278 cm³/mol. The number of carboxylic acid groups (broad SMARTS) is 1. The SMILES string of the molecule is CC1(CO)CCC2(C(=O)O)CCC3(C)C(=CCC4C5(C)C(CC6C(C(CC(CNC7CCCCC7)C(N)O)c7cnc[nH]7)NC(=O)C67CCCC7)C(O)C(OC6OCC(O)C(O)C6O)C(C)(CO)C5CCC43C)C2C1. The lowest BCUT2D eigenvalue weighted by molar-refractivity contribution is -0.340. The molecule has 21 atom stereocenters. The number of nitrogens with zero attached hydrogens (tertiary/aromatic N) is 1. The molecule has 21 unspecified atom stereocenters. The number of hydrogen-bond donors (Lipinski definition) is 12. The summed E-state index contributed by atoms with van der Waals surface area (Å²) in [5.74, 6) is -2.98. The van der Waals surface area contributed by atoms with E-state index in [0.717, 1.165) is 50.6 Å². The first-order chi connectivity index (χ1) is 35.6. The molecule has 13 N–H and O–H groups in total. The fraction of sp³-hybridized carbons (Fsp3) is 0.879. The summed E-state index contributed by atoms with van der Waals surface area (Å²) in [6.45, 7) is 10.9. The summed E-state index contributed by atoms with van der Waals surface area (Å²) in [5.41, 5.74) is 3.71. The standard InChI is InChI=1S/C58H93N5O12/c1-52(29-64)19-21-58(51(72)73)22-20-54(3)35(38(58)25-52)13-14-42-55(54,4)18-15-41-53(2,30-65)47(75-49-46(69)45(68)40(66)28-74-49)44(67)37(56(41,42)5)24-36-43(63-50(71)57(36)16-9-10-17-57)34(39-27-60-31-62-39)23-32(48(59)70)26-61-33-11-7-6-8-12-33/h13,27,31-34,36-38,40-49,61,64-70H,6-12,14-26,28-30,59H2,1-5H3,(H,60,62)(H,63,71)(H,72,73). The van der Waals surface area contributed by atoms with E-state index in [2.05, 4.69) is 54.4 Å². The number of carbonyl (C=O) groups is 2. The number of amides is 1. The van der Waals surface area contributed by atoms with Gasteiger partial charge in [0.15, 0.2) is 6.29 Å². The number of imidazole rings is 1. The molecule has 8 fully saturated rings. The molecule has 3 heterocycles. The molecule has 422 valence electrons. The third kappa shape index (κ3) is 8.75. The Kier molecular flexibility index (Phi) is 15.3. The van der Waals surface area contributed by atoms with Gasteiger partial charge in [0.25, 0.3) is 0 Å². The zero-order valence-corrected chi connectivity index (χ0v) is 45.5. The van der Waals surface area contributed by atoms with Gasteiger partial charge in [-0.15, -0.1) is 0 Å². The maximum Gasteiger partial charge on any atom is 0.310 e. The van der Waals surface area contributed by atoms with Crippen LogP contribution < -0.4 is 16.4 Å². The lowest BCUT2D eigenvalue weighted by Crippen LogP contribution is -2.72. The first-order valence-electron chi connectivity index (χ1n) is 29.2. The zero-order valence-electron chi connectivity index (χ0n) is 45.5. The van der Waals surface area contributed by atoms with Crippen molar-refractivity contribution in [2.75, 3.05) is 26.4 Å². The number of nitrogens with one attached hydrogen (secondary N) is 3. The van der Waals surface area contributed by atoms with Crippen LogP contribution >= 0.6 is 0 Å². The Labute approximate surface area is 444 Å². The molecular formula is C58H93N5O12. The first kappa shape index (κ1) is 55.8. The van der Waals surface area contributed by atoms with Gasteiger partial charge in [-0.05, 0) is 141 Å². The second kappa shape index (κ2) is 20.5. The van der Waals surface area contributed by atoms with Gasteiger partial charge >= 0.3 is 5.97 Å². The summed E-state index contributed by atoms with van der Waals surface area (Å²) in [5, 5.41) is 99.0. The number of aliphatic hydroxyl groups excluding tert-OH is 7. The second-order valence-corrected chi connectivity index (χ2v) is 27.5. The minimum atomic E-state index is -1.64. The molecule has 6 saturated carbocycles. The number of aromatic nitrogens is 2. The van der Waals surface area contributed by atoms with Gasteiger partial charge in [-0.3, -0.25) is 9.59 Å². The van der Waals surface area contributed by atoms with Crippen molar-refractivity contribution in [3.05, 3.63) is 29.9 Å². The van der Waals surface area contributed by atoms with Crippen molar-refractivity contribution in [1.82, 2.24) is 20.6 Å². The Hall–Kier alpha value is -2.55. The fourth-order valence-corrected chi connectivity index (χ4v) is 19.3. The first-order valence-corrected chi connectivity index (χ1v) is 29.2. The summed E-state index contributed by atoms with van der Waals surface area (Å²) in [6, 6.07) is -0.112. The molecule has 1 spiro atoms. The molecule has 17 heteroatoms. The highest BCUT2D eigenvalue weighted by atomic mass is 16.7. The number of carboxylic acids is 1. The van der Waals surface area contributed by atoms with Gasteiger partial charge in [0.2, 0.25) is 5.91 Å². The Morgan fingerprint density at radius 2 is 1.61 bits per heavy atom. The third-order valence-electron chi connectivity index (χ3n) is 24.1. The number of aliphatic carboxylic acids is 1. The van der Waals surface area contributed by atoms with Gasteiger partial charge in [0.05, 0.1) is 42.6 Å². The summed E-state index contributed by atoms with van der Waals surface area (Å²) in [4.78, 5) is 36.6. The van der Waals surface area contributed by atoms with Crippen LogP contribution in [0.25, 0.3) is 0 Å². The minimum absolute atomic E-state index is 0.00585. The molecule has 1 amide bonds. The molecule has 1 aromatic heterocycles. The Morgan fingerprint density at radius 3 is 2.27 bits per heavy atom. The molecule has 7 aliphatic carbocycles. The van der Waals surface area contributed by atoms with E-state index in [9.17, 15) is 45.6 Å². The van der Waals surface area contributed by atoms with E-state index in [1.54, 1.807) is 6.33 Å². The lowest BCUT2D eigenvalue weighted by Gasteiger charge is -2.73. The van der Waals surface area contributed by atoms with Crippen LogP contribution in [0.4, 0.5) is 0 Å². The van der Waals surface area contributed by atoms with Crippen LogP contribution in [-0.4, -0.2) is 144 Å². The Bertz CT molecular complexity index is 2240. The quantitative estimate of drug-likeness (QED) is 0.0649. The van der Waals surface area contributed by atoms with Crippen molar-refractivity contribution in [2.24, 2.45) is 79.1 Å². The average molecular weight is 1050 g/mol. The molecule has 0 aromatic carbocycles. The summed E-state index contributed by atoms with van der Waals surface area (Å²) in [7, 11) is 0. The number of nitrogens with two attached hydrogens (primary N) is 1. The van der Waals surface area contributed by atoms with Crippen molar-refractivity contribution in [2.45, 2.75) is 218 Å². The van der Waals surface area contributed by atoms with Gasteiger partial charge < -0.3 is 71.7 Å². The molecule has 0 bridgehead atoms. The van der Waals surface area contributed by atoms with Gasteiger partial charge in [0.1, 0.15) is 24.5 Å². The van der Waals surface area contributed by atoms with Crippen LogP contribution in [0.1, 0.15) is 168 Å². The van der Waals surface area contributed by atoms with Gasteiger partial charge in [-0.2, -0.15) is 0 Å². The molecule has 2 aliphatic heterocycles. The van der Waals surface area contributed by atoms with E-state index in [-0.39, 0.29) is 61.2 Å². The van der Waals surface area contributed by atoms with Gasteiger partial charge in [-0.1, -0.05) is 78.4 Å². The van der Waals surface area contributed by atoms with Gasteiger partial charge in [0, 0.05) is 54.4 Å². The number of hydrogen-bond acceptors (Lipinski definition) is 14. The van der Waals surface area contributed by atoms with Gasteiger partial charge in [-0.25, -0.2) is 4.98 Å². The van der Waals surface area contributed by atoms with Crippen LogP contribution in [0.3, 0.4) is 0 Å². The number of H-pyrrole nitrogens is 1. The van der Waals surface area contributed by atoms with Crippen molar-refractivity contribution in [1.29, 1.82) is 0 Å². The monoisotopic (exact) mass is 1050 g/mol. The number of carbonyl (C=O) groups excluding carboxylic acids is 1. The Balaban J connectivity index is 1.09. The van der Waals surface area contributed by atoms with E-state index in [1.165, 1.54) is 12.0 Å². The molecule has 1 aromatic rings. The van der Waals surface area contributed by atoms with Crippen molar-refractivity contribution in [3.8, 4) is 0 Å². The molecule has 9 aliphatic rings. The summed E-state index contributed by atoms with van der Waals surface area (Å²) < 4.78 is 12.7. The smallest absolute Gasteiger partial charge is 0.310 e. The van der Waals surface area contributed by atoms with Crippen molar-refractivity contribution >= 4 is 11.9 Å². The molecule has 10 rings (SSSR count). The van der Waals surface area contributed by atoms with Crippen LogP contribution in [0, 0.1) is 73.4 Å². The van der Waals surface area contributed by atoms with Crippen molar-refractivity contribution in [3.63, 3.8) is 0 Å². The van der Waals surface area contributed by atoms with Crippen LogP contribution in [0.2, 0.25) is 0 Å². The lowest BCUT2D eigenvalue weighted by atomic mass is 9.31. The number of aromatic amines is 1. The molecule has 17 nitrogen and oxygen atoms in total. The van der Waals surface area contributed by atoms with Crippen LogP contribution in [0.5, 0.6) is 0 Å². The van der Waals surface area contributed by atoms with E-state index < -0.39 is 98.9 Å². The highest BCUT2D eigenvalue weighted by molar-refractivity contribution is 5.86. The van der Waals surface area contributed by atoms with E-state index in [0.29, 0.717) is 83.2 Å². The number of ether oxygens (including phenoxy) is 2. The maximum absolute atomic E-state index is 15.1. The number of rotatable bonds is 15. The molecule has 2 saturated heterocycles. The largest absolute Gasteiger partial charge is 0.481 e. The minimum Gasteiger partial charge on any atom is -0.481 e. The van der Waals surface area contributed by atoms with Crippen LogP contribution in [0.15, 0.2) is 24.2 Å². The number of allylic oxidation sites excluding steroid dienone is 2. The van der Waals surface area contributed by atoms with Crippen molar-refractivity contribution < 1.29 is 59.9 Å². The normalized spacial score (nSPS) is 46.9. The number of aliphatic hydroxyl groups is 7. The van der Waals surface area contributed by atoms with E-state index in [1.807, 2.05) is 13.1 Å². The predicted octanol–water partition coefficient (Wildman–Crippen LogP) is 4.62. The maximum atomic E-state index is 15.1. The van der Waals surface area contributed by atoms with E-state index in [4.69, 9.17) is 15.2 Å². The molecule has 0 radical (unpaired) electrons. The van der Waals surface area contributed by atoms with Crippen LogP contribution in [-0.2, 0) is 19.1 Å². The third-order valence-corrected chi connectivity index (χ3v) is 24.1. The number of fused-ring (bicyclic) bond motifs is 7. The molecular weight excluding hydrogens is 959 g/mol. The summed E-state index contributed by atoms with van der Waals surface area (Å²) in [6.07, 6.45) is 10.9. The highest BCUT2D eigenvalue weighted by Crippen LogP contribution is 2.77. The molecule has 75 heavy (non-hydrogen) atoms. The zero-order chi connectivity index (χ0) is 53.7.